The van der Waals surface area contributed by atoms with E-state index in [1.54, 1.807) is 7.11 Å². The molecule has 1 saturated heterocycles. The van der Waals surface area contributed by atoms with Crippen LogP contribution in [0.4, 0.5) is 10.1 Å². The number of nitrogens with zero attached hydrogens (tertiary/aromatic N) is 1. The van der Waals surface area contributed by atoms with Crippen LogP contribution >= 0.6 is 0 Å². The standard InChI is InChI=1S/C18H31FN4O/c1-14(2)12-20-13-17-18(6-4-5-11-24-3)23(22-21-17)16-9-7-15(19)8-10-16/h7-10,14,17-18,20-22H,4-6,11-13H2,1-3H3. The van der Waals surface area contributed by atoms with Crippen LogP contribution in [0.1, 0.15) is 33.1 Å². The van der Waals surface area contributed by atoms with E-state index in [-0.39, 0.29) is 5.82 Å². The number of ether oxygens (including phenoxy) is 1. The first-order valence-electron chi connectivity index (χ1n) is 8.87. The van der Waals surface area contributed by atoms with Gasteiger partial charge in [0.15, 0.2) is 0 Å². The minimum Gasteiger partial charge on any atom is -0.385 e. The maximum atomic E-state index is 13.2. The molecule has 136 valence electrons. The molecule has 1 aromatic rings. The Morgan fingerprint density at radius 2 is 2.00 bits per heavy atom. The van der Waals surface area contributed by atoms with Crippen molar-refractivity contribution in [2.75, 3.05) is 31.8 Å². The molecular formula is C18H31FN4O. The predicted molar refractivity (Wildman–Crippen MR) is 96.2 cm³/mol. The average molecular weight is 338 g/mol. The van der Waals surface area contributed by atoms with Crippen LogP contribution in [-0.2, 0) is 4.74 Å². The lowest BCUT2D eigenvalue weighted by Crippen LogP contribution is -2.43. The van der Waals surface area contributed by atoms with Crippen molar-refractivity contribution in [1.29, 1.82) is 0 Å². The molecule has 0 radical (unpaired) electrons. The second-order valence-electron chi connectivity index (χ2n) is 6.82. The molecule has 2 atom stereocenters. The Morgan fingerprint density at radius 1 is 1.25 bits per heavy atom. The number of nitrogens with one attached hydrogen (secondary N) is 3. The van der Waals surface area contributed by atoms with Gasteiger partial charge in [-0.05, 0) is 56.0 Å². The van der Waals surface area contributed by atoms with Gasteiger partial charge in [-0.2, -0.15) is 5.53 Å². The molecule has 2 rings (SSSR count). The van der Waals surface area contributed by atoms with Crippen LogP contribution < -0.4 is 21.3 Å². The van der Waals surface area contributed by atoms with Crippen LogP contribution in [-0.4, -0.2) is 38.9 Å². The fourth-order valence-electron chi connectivity index (χ4n) is 3.01. The van der Waals surface area contributed by atoms with Crippen LogP contribution in [0.3, 0.4) is 0 Å². The number of halogens is 1. The van der Waals surface area contributed by atoms with Gasteiger partial charge in [0.25, 0.3) is 0 Å². The molecule has 6 heteroatoms. The molecule has 0 spiro atoms. The normalized spacial score (nSPS) is 21.0. The molecule has 1 heterocycles. The SMILES string of the molecule is COCCCCC1C(CNCC(C)C)NNN1c1ccc(F)cc1. The van der Waals surface area contributed by atoms with Crippen LogP contribution in [0.25, 0.3) is 0 Å². The summed E-state index contributed by atoms with van der Waals surface area (Å²) in [5.41, 5.74) is 7.61. The first-order valence-corrected chi connectivity index (χ1v) is 8.87. The summed E-state index contributed by atoms with van der Waals surface area (Å²) in [6.07, 6.45) is 3.20. The predicted octanol–water partition coefficient (Wildman–Crippen LogP) is 2.45. The van der Waals surface area contributed by atoms with Gasteiger partial charge in [-0.15, -0.1) is 0 Å². The maximum Gasteiger partial charge on any atom is 0.123 e. The zero-order chi connectivity index (χ0) is 17.4. The monoisotopic (exact) mass is 338 g/mol. The number of anilines is 1. The number of hydrogen-bond donors (Lipinski definition) is 3. The van der Waals surface area contributed by atoms with Crippen molar-refractivity contribution in [2.24, 2.45) is 5.92 Å². The van der Waals surface area contributed by atoms with E-state index in [1.165, 1.54) is 12.1 Å². The molecule has 3 N–H and O–H groups in total. The van der Waals surface area contributed by atoms with E-state index in [4.69, 9.17) is 4.74 Å². The van der Waals surface area contributed by atoms with Crippen LogP contribution in [0.15, 0.2) is 24.3 Å². The lowest BCUT2D eigenvalue weighted by atomic mass is 10.0. The number of rotatable bonds is 10. The fraction of sp³-hybridized carbons (Fsp3) is 0.667. The van der Waals surface area contributed by atoms with Gasteiger partial charge in [0.05, 0.1) is 17.8 Å². The summed E-state index contributed by atoms with van der Waals surface area (Å²) in [5.74, 6) is 0.422. The fourth-order valence-corrected chi connectivity index (χ4v) is 3.01. The smallest absolute Gasteiger partial charge is 0.123 e. The third kappa shape index (κ3) is 5.70. The summed E-state index contributed by atoms with van der Waals surface area (Å²) in [4.78, 5) is 0. The van der Waals surface area contributed by atoms with Crippen molar-refractivity contribution in [3.05, 3.63) is 30.1 Å². The molecular weight excluding hydrogens is 307 g/mol. The van der Waals surface area contributed by atoms with E-state index in [2.05, 4.69) is 35.1 Å². The Labute approximate surface area is 144 Å². The number of methoxy groups -OCH3 is 1. The topological polar surface area (TPSA) is 48.6 Å². The van der Waals surface area contributed by atoms with Crippen molar-refractivity contribution < 1.29 is 9.13 Å². The van der Waals surface area contributed by atoms with E-state index in [0.717, 1.165) is 44.6 Å². The minimum absolute atomic E-state index is 0.210. The van der Waals surface area contributed by atoms with E-state index in [0.29, 0.717) is 18.0 Å². The molecule has 0 amide bonds. The Balaban J connectivity index is 1.98. The Hall–Kier alpha value is -1.21. The molecule has 5 nitrogen and oxygen atoms in total. The van der Waals surface area contributed by atoms with Crippen molar-refractivity contribution in [2.45, 2.75) is 45.2 Å². The highest BCUT2D eigenvalue weighted by Crippen LogP contribution is 2.23. The molecule has 2 unspecified atom stereocenters. The van der Waals surface area contributed by atoms with Gasteiger partial charge in [-0.3, -0.25) is 5.01 Å². The molecule has 0 saturated carbocycles. The van der Waals surface area contributed by atoms with Gasteiger partial charge < -0.3 is 10.1 Å². The van der Waals surface area contributed by atoms with E-state index < -0.39 is 0 Å². The summed E-state index contributed by atoms with van der Waals surface area (Å²) in [5, 5.41) is 5.64. The molecule has 0 aliphatic carbocycles. The summed E-state index contributed by atoms with van der Waals surface area (Å²) in [7, 11) is 1.74. The Bertz CT molecular complexity index is 469. The first-order chi connectivity index (χ1) is 11.6. The van der Waals surface area contributed by atoms with Crippen molar-refractivity contribution in [3.63, 3.8) is 0 Å². The Morgan fingerprint density at radius 3 is 2.67 bits per heavy atom. The van der Waals surface area contributed by atoms with Gasteiger partial charge in [-0.1, -0.05) is 13.8 Å². The highest BCUT2D eigenvalue weighted by Gasteiger charge is 2.33. The summed E-state index contributed by atoms with van der Waals surface area (Å²) >= 11 is 0. The van der Waals surface area contributed by atoms with Gasteiger partial charge >= 0.3 is 0 Å². The zero-order valence-electron chi connectivity index (χ0n) is 15.0. The van der Waals surface area contributed by atoms with Crippen molar-refractivity contribution in [1.82, 2.24) is 16.3 Å². The van der Waals surface area contributed by atoms with Crippen LogP contribution in [0, 0.1) is 11.7 Å². The number of unbranched alkanes of at least 4 members (excludes halogenated alkanes) is 1. The highest BCUT2D eigenvalue weighted by atomic mass is 19.1. The van der Waals surface area contributed by atoms with Crippen LogP contribution in [0.2, 0.25) is 0 Å². The number of benzene rings is 1. The second-order valence-corrected chi connectivity index (χ2v) is 6.82. The summed E-state index contributed by atoms with van der Waals surface area (Å²) in [6.45, 7) is 7.12. The van der Waals surface area contributed by atoms with E-state index in [9.17, 15) is 4.39 Å². The van der Waals surface area contributed by atoms with Crippen molar-refractivity contribution >= 4 is 5.69 Å². The summed E-state index contributed by atoms with van der Waals surface area (Å²) in [6, 6.07) is 7.25. The zero-order valence-corrected chi connectivity index (χ0v) is 15.0. The van der Waals surface area contributed by atoms with Crippen molar-refractivity contribution in [3.8, 4) is 0 Å². The maximum absolute atomic E-state index is 13.2. The minimum atomic E-state index is -0.210. The summed E-state index contributed by atoms with van der Waals surface area (Å²) < 4.78 is 18.3. The van der Waals surface area contributed by atoms with Gasteiger partial charge in [-0.25, -0.2) is 9.82 Å². The first kappa shape index (κ1) is 19.1. The largest absolute Gasteiger partial charge is 0.385 e. The number of hydrogen-bond acceptors (Lipinski definition) is 5. The quantitative estimate of drug-likeness (QED) is 0.572. The van der Waals surface area contributed by atoms with Gasteiger partial charge in [0.1, 0.15) is 5.82 Å². The Kier molecular flexibility index (Phi) is 7.91. The molecule has 1 aliphatic rings. The molecule has 1 aliphatic heterocycles. The van der Waals surface area contributed by atoms with E-state index >= 15 is 0 Å². The van der Waals surface area contributed by atoms with Gasteiger partial charge in [0, 0.05) is 20.3 Å². The second kappa shape index (κ2) is 9.93. The van der Waals surface area contributed by atoms with E-state index in [1.807, 2.05) is 12.1 Å². The average Bonchev–Trinajstić information content (AvgIpc) is 2.95. The number of hydrazine groups is 2. The molecule has 1 aromatic carbocycles. The van der Waals surface area contributed by atoms with Crippen LogP contribution in [0.5, 0.6) is 0 Å². The third-order valence-electron chi connectivity index (χ3n) is 4.29. The molecule has 0 aromatic heterocycles. The lowest BCUT2D eigenvalue weighted by Gasteiger charge is -2.28. The van der Waals surface area contributed by atoms with Gasteiger partial charge in [0.2, 0.25) is 0 Å². The lowest BCUT2D eigenvalue weighted by molar-refractivity contribution is 0.191. The third-order valence-corrected chi connectivity index (χ3v) is 4.29. The highest BCUT2D eigenvalue weighted by molar-refractivity contribution is 5.47. The molecule has 24 heavy (non-hydrogen) atoms. The molecule has 0 bridgehead atoms. The molecule has 1 fully saturated rings.